The standard InChI is InChI=1S/C57H45IN6O/c1-2-3-28-54-59-53-36-34-47(58)38-52(53)56(65)63(54)39-40-29-35-49(41-18-8-4-9-19-41)51(37-40)43-32-30-42(31-33-43)48-26-16-17-27-50(48)55-60-61-62-64(55)57(44-20-10-5-11-21-44,45-22-12-6-13-23-45)46-24-14-7-15-25-46/h4-27,29-38H,2-3,28,39H2,1H3. The first-order valence-corrected chi connectivity index (χ1v) is 23.1. The molecular weight excluding hydrogens is 912 g/mol. The van der Waals surface area contributed by atoms with E-state index in [0.717, 1.165) is 95.4 Å². The van der Waals surface area contributed by atoms with Crippen LogP contribution in [0.2, 0.25) is 0 Å². The monoisotopic (exact) mass is 956 g/mol. The lowest BCUT2D eigenvalue weighted by Crippen LogP contribution is -2.39. The highest BCUT2D eigenvalue weighted by molar-refractivity contribution is 14.1. The van der Waals surface area contributed by atoms with E-state index in [1.54, 1.807) is 0 Å². The topological polar surface area (TPSA) is 78.5 Å². The van der Waals surface area contributed by atoms with E-state index in [0.29, 0.717) is 17.8 Å². The fourth-order valence-corrected chi connectivity index (χ4v) is 9.64. The second-order valence-electron chi connectivity index (χ2n) is 16.3. The normalized spacial score (nSPS) is 11.5. The minimum atomic E-state index is -0.887. The summed E-state index contributed by atoms with van der Waals surface area (Å²) >= 11 is 2.27. The van der Waals surface area contributed by atoms with Gasteiger partial charge in [0.1, 0.15) is 11.4 Å². The van der Waals surface area contributed by atoms with Crippen LogP contribution in [0, 0.1) is 3.57 Å². The Hall–Kier alpha value is -7.30. The first-order valence-electron chi connectivity index (χ1n) is 22.1. The Morgan fingerprint density at radius 2 is 1.09 bits per heavy atom. The maximum atomic E-state index is 14.2. The number of hydrogen-bond acceptors (Lipinski definition) is 5. The Morgan fingerprint density at radius 3 is 1.71 bits per heavy atom. The molecule has 7 nitrogen and oxygen atoms in total. The Kier molecular flexibility index (Phi) is 11.8. The van der Waals surface area contributed by atoms with E-state index in [1.165, 1.54) is 0 Å². The Bertz CT molecular complexity index is 3200. The average molecular weight is 957 g/mol. The van der Waals surface area contributed by atoms with Gasteiger partial charge in [-0.25, -0.2) is 9.67 Å². The van der Waals surface area contributed by atoms with Gasteiger partial charge in [-0.05, 0) is 119 Å². The highest BCUT2D eigenvalue weighted by Gasteiger charge is 2.42. The molecule has 0 saturated carbocycles. The molecule has 10 rings (SSSR count). The van der Waals surface area contributed by atoms with Gasteiger partial charge in [0.25, 0.3) is 5.56 Å². The minimum absolute atomic E-state index is 0.00379. The van der Waals surface area contributed by atoms with E-state index in [2.05, 4.69) is 192 Å². The summed E-state index contributed by atoms with van der Waals surface area (Å²) in [6, 6.07) is 71.5. The van der Waals surface area contributed by atoms with Gasteiger partial charge in [-0.2, -0.15) is 0 Å². The molecule has 2 aromatic heterocycles. The zero-order chi connectivity index (χ0) is 44.2. The molecule has 0 fully saturated rings. The minimum Gasteiger partial charge on any atom is -0.292 e. The molecule has 0 atom stereocenters. The Labute approximate surface area is 392 Å². The largest absolute Gasteiger partial charge is 0.292 e. The second kappa shape index (κ2) is 18.4. The van der Waals surface area contributed by atoms with Crippen LogP contribution >= 0.6 is 22.6 Å². The van der Waals surface area contributed by atoms with Crippen LogP contribution in [0.4, 0.5) is 0 Å². The molecule has 65 heavy (non-hydrogen) atoms. The van der Waals surface area contributed by atoms with Crippen molar-refractivity contribution in [2.45, 2.75) is 38.3 Å². The van der Waals surface area contributed by atoms with Crippen LogP contribution in [0.1, 0.15) is 47.8 Å². The van der Waals surface area contributed by atoms with Gasteiger partial charge in [0.2, 0.25) is 0 Å². The number of hydrogen-bond donors (Lipinski definition) is 0. The first kappa shape index (κ1) is 41.7. The highest BCUT2D eigenvalue weighted by Crippen LogP contribution is 2.44. The van der Waals surface area contributed by atoms with Crippen molar-refractivity contribution in [1.82, 2.24) is 29.8 Å². The van der Waals surface area contributed by atoms with E-state index in [9.17, 15) is 4.79 Å². The third-order valence-corrected chi connectivity index (χ3v) is 13.0. The SMILES string of the molecule is CCCCc1nc2ccc(I)cc2c(=O)n1Cc1ccc(-c2ccccc2)c(-c2ccc(-c3ccccc3-c3nnnn3C(c3ccccc3)(c3ccccc3)c3ccccc3)cc2)c1. The van der Waals surface area contributed by atoms with E-state index in [1.807, 2.05) is 57.8 Å². The van der Waals surface area contributed by atoms with E-state index >= 15 is 0 Å². The van der Waals surface area contributed by atoms with Crippen LogP contribution in [0.25, 0.3) is 55.7 Å². The van der Waals surface area contributed by atoms with Gasteiger partial charge in [0.05, 0.1) is 17.4 Å². The van der Waals surface area contributed by atoms with Crippen molar-refractivity contribution in [2.24, 2.45) is 0 Å². The zero-order valence-corrected chi connectivity index (χ0v) is 38.1. The average Bonchev–Trinajstić information content (AvgIpc) is 3.86. The lowest BCUT2D eigenvalue weighted by Gasteiger charge is -2.36. The molecule has 0 radical (unpaired) electrons. The fourth-order valence-electron chi connectivity index (χ4n) is 9.15. The molecule has 0 unspecified atom stereocenters. The maximum Gasteiger partial charge on any atom is 0.261 e. The number of aromatic nitrogens is 6. The van der Waals surface area contributed by atoms with Crippen molar-refractivity contribution in [3.8, 4) is 44.8 Å². The van der Waals surface area contributed by atoms with Gasteiger partial charge in [0, 0.05) is 15.6 Å². The van der Waals surface area contributed by atoms with Crippen molar-refractivity contribution in [1.29, 1.82) is 0 Å². The number of nitrogens with zero attached hydrogens (tertiary/aromatic N) is 6. The summed E-state index contributed by atoms with van der Waals surface area (Å²) in [5.41, 5.74) is 11.4. The summed E-state index contributed by atoms with van der Waals surface area (Å²) in [5, 5.41) is 14.7. The van der Waals surface area contributed by atoms with E-state index in [4.69, 9.17) is 15.3 Å². The van der Waals surface area contributed by atoms with Crippen molar-refractivity contribution in [3.63, 3.8) is 0 Å². The number of unbranched alkanes of at least 4 members (excludes halogenated alkanes) is 1. The van der Waals surface area contributed by atoms with Gasteiger partial charge in [-0.15, -0.1) is 5.10 Å². The Balaban J connectivity index is 1.08. The molecule has 10 aromatic rings. The molecular formula is C57H45IN6O. The summed E-state index contributed by atoms with van der Waals surface area (Å²) in [4.78, 5) is 19.2. The van der Waals surface area contributed by atoms with E-state index < -0.39 is 5.54 Å². The molecule has 0 N–H and O–H groups in total. The Morgan fingerprint density at radius 1 is 0.554 bits per heavy atom. The van der Waals surface area contributed by atoms with Gasteiger partial charge in [-0.1, -0.05) is 195 Å². The third-order valence-electron chi connectivity index (χ3n) is 12.3. The molecule has 8 aromatic carbocycles. The molecule has 0 bridgehead atoms. The fraction of sp³-hybridized carbons (Fsp3) is 0.105. The number of tetrazole rings is 1. The molecule has 0 spiro atoms. The van der Waals surface area contributed by atoms with Crippen molar-refractivity contribution < 1.29 is 0 Å². The van der Waals surface area contributed by atoms with Gasteiger partial charge in [-0.3, -0.25) is 9.36 Å². The number of rotatable bonds is 13. The molecule has 0 aliphatic carbocycles. The lowest BCUT2D eigenvalue weighted by atomic mass is 9.77. The number of halogens is 1. The predicted octanol–water partition coefficient (Wildman–Crippen LogP) is 12.9. The van der Waals surface area contributed by atoms with Crippen LogP contribution in [0.5, 0.6) is 0 Å². The van der Waals surface area contributed by atoms with Crippen LogP contribution in [-0.2, 0) is 18.5 Å². The summed E-state index contributed by atoms with van der Waals surface area (Å²) < 4.78 is 4.88. The second-order valence-corrected chi connectivity index (χ2v) is 17.5. The molecule has 8 heteroatoms. The predicted molar refractivity (Wildman–Crippen MR) is 271 cm³/mol. The molecule has 316 valence electrons. The van der Waals surface area contributed by atoms with E-state index in [-0.39, 0.29) is 5.56 Å². The summed E-state index contributed by atoms with van der Waals surface area (Å²) in [6.07, 6.45) is 2.71. The van der Waals surface area contributed by atoms with Crippen LogP contribution in [0.15, 0.2) is 211 Å². The van der Waals surface area contributed by atoms with Gasteiger partial charge in [0.15, 0.2) is 5.82 Å². The van der Waals surface area contributed by atoms with Gasteiger partial charge >= 0.3 is 0 Å². The van der Waals surface area contributed by atoms with Crippen molar-refractivity contribution in [2.75, 3.05) is 0 Å². The molecule has 0 aliphatic rings. The molecule has 0 aliphatic heterocycles. The molecule has 2 heterocycles. The highest BCUT2D eigenvalue weighted by atomic mass is 127. The summed E-state index contributed by atoms with van der Waals surface area (Å²) in [6.45, 7) is 2.59. The third kappa shape index (κ3) is 7.99. The molecule has 0 saturated heterocycles. The number of benzene rings is 8. The quantitative estimate of drug-likeness (QED) is 0.0850. The number of fused-ring (bicyclic) bond motifs is 1. The maximum absolute atomic E-state index is 14.2. The number of aryl methyl sites for hydroxylation is 1. The van der Waals surface area contributed by atoms with Crippen molar-refractivity contribution in [3.05, 3.63) is 248 Å². The van der Waals surface area contributed by atoms with Crippen LogP contribution in [0.3, 0.4) is 0 Å². The van der Waals surface area contributed by atoms with Crippen LogP contribution in [-0.4, -0.2) is 29.8 Å². The van der Waals surface area contributed by atoms with Gasteiger partial charge < -0.3 is 0 Å². The summed E-state index contributed by atoms with van der Waals surface area (Å²) in [7, 11) is 0. The lowest BCUT2D eigenvalue weighted by molar-refractivity contribution is 0.451. The zero-order valence-electron chi connectivity index (χ0n) is 35.9. The van der Waals surface area contributed by atoms with Crippen LogP contribution < -0.4 is 5.56 Å². The smallest absolute Gasteiger partial charge is 0.261 e. The first-order chi connectivity index (χ1) is 32.0. The molecule has 0 amide bonds. The van der Waals surface area contributed by atoms with Crippen molar-refractivity contribution >= 4 is 33.5 Å². The summed E-state index contributed by atoms with van der Waals surface area (Å²) in [5.74, 6) is 1.47.